The molecule has 23 heavy (non-hydrogen) atoms. The average Bonchev–Trinajstić information content (AvgIpc) is 2.67. The lowest BCUT2D eigenvalue weighted by Crippen LogP contribution is -2.40. The molecule has 0 saturated heterocycles. The van der Waals surface area contributed by atoms with Crippen LogP contribution in [0.5, 0.6) is 0 Å². The number of amides is 2. The molecule has 2 amide bonds. The van der Waals surface area contributed by atoms with Crippen LogP contribution in [0.15, 0.2) is 29.5 Å². The number of hydrogen-bond acceptors (Lipinski definition) is 3. The van der Waals surface area contributed by atoms with Crippen LogP contribution in [0.25, 0.3) is 0 Å². The predicted molar refractivity (Wildman–Crippen MR) is 92.7 cm³/mol. The van der Waals surface area contributed by atoms with E-state index < -0.39 is 17.4 Å². The normalized spacial score (nSPS) is 16.1. The molecule has 5 nitrogen and oxygen atoms in total. The van der Waals surface area contributed by atoms with Gasteiger partial charge in [0.25, 0.3) is 11.8 Å². The van der Waals surface area contributed by atoms with Crippen molar-refractivity contribution in [3.05, 3.63) is 40.1 Å². The number of carbonyl (C=O) groups excluding carboxylic acids is 2. The number of hydrogen-bond donors (Lipinski definition) is 2. The van der Waals surface area contributed by atoms with Crippen LogP contribution in [0.2, 0.25) is 5.02 Å². The zero-order valence-corrected chi connectivity index (χ0v) is 15.1. The van der Waals surface area contributed by atoms with E-state index in [-0.39, 0.29) is 11.3 Å². The second-order valence-electron chi connectivity index (χ2n) is 5.54. The monoisotopic (exact) mass is 338 g/mol. The Morgan fingerprint density at radius 2 is 1.87 bits per heavy atom. The van der Waals surface area contributed by atoms with Gasteiger partial charge in [-0.05, 0) is 32.4 Å². The molecule has 6 heteroatoms. The van der Waals surface area contributed by atoms with E-state index in [2.05, 4.69) is 5.32 Å². The Hall–Kier alpha value is -2.01. The molecule has 0 spiro atoms. The number of halogens is 1. The van der Waals surface area contributed by atoms with Crippen molar-refractivity contribution in [2.24, 2.45) is 0 Å². The number of likely N-dealkylation sites (N-methyl/N-ethyl adjacent to an activating group) is 1. The topological polar surface area (TPSA) is 69.6 Å². The molecule has 0 saturated carbocycles. The van der Waals surface area contributed by atoms with Crippen LogP contribution < -0.4 is 5.32 Å². The summed E-state index contributed by atoms with van der Waals surface area (Å²) in [7, 11) is 1.54. The number of carbonyl (C=O) groups is 2. The lowest BCUT2D eigenvalue weighted by atomic mass is 10.0. The lowest BCUT2D eigenvalue weighted by Gasteiger charge is -2.27. The van der Waals surface area contributed by atoms with Crippen LogP contribution in [0.1, 0.15) is 33.3 Å². The fourth-order valence-corrected chi connectivity index (χ4v) is 2.29. The number of nitrogens with one attached hydrogen (secondary N) is 1. The largest absolute Gasteiger partial charge is 0.509 e. The van der Waals surface area contributed by atoms with Crippen LogP contribution in [0.4, 0.5) is 5.69 Å². The highest BCUT2D eigenvalue weighted by molar-refractivity contribution is 6.35. The SMILES string of the molecule is CC.Cc1cccc(NC(=O)C2=C(O)C(C)(C)N(C)C2=O)c1Cl. The first-order valence-corrected chi connectivity index (χ1v) is 7.84. The van der Waals surface area contributed by atoms with E-state index in [1.165, 1.54) is 4.90 Å². The van der Waals surface area contributed by atoms with Gasteiger partial charge in [0, 0.05) is 7.05 Å². The summed E-state index contributed by atoms with van der Waals surface area (Å²) in [4.78, 5) is 25.8. The molecule has 0 unspecified atom stereocenters. The van der Waals surface area contributed by atoms with Crippen molar-refractivity contribution in [3.8, 4) is 0 Å². The minimum Gasteiger partial charge on any atom is -0.509 e. The Bertz CT molecular complexity index is 666. The van der Waals surface area contributed by atoms with E-state index in [9.17, 15) is 14.7 Å². The van der Waals surface area contributed by atoms with Crippen molar-refractivity contribution in [2.75, 3.05) is 12.4 Å². The maximum absolute atomic E-state index is 12.3. The maximum atomic E-state index is 12.3. The molecule has 1 aromatic rings. The van der Waals surface area contributed by atoms with Gasteiger partial charge in [0.2, 0.25) is 0 Å². The second-order valence-corrected chi connectivity index (χ2v) is 5.92. The summed E-state index contributed by atoms with van der Waals surface area (Å²) in [6.07, 6.45) is 0. The quantitative estimate of drug-likeness (QED) is 0.808. The molecule has 126 valence electrons. The van der Waals surface area contributed by atoms with Crippen LogP contribution in [-0.4, -0.2) is 34.4 Å². The van der Waals surface area contributed by atoms with Crippen molar-refractivity contribution < 1.29 is 14.7 Å². The fraction of sp³-hybridized carbons (Fsp3) is 0.412. The van der Waals surface area contributed by atoms with Crippen LogP contribution in [0.3, 0.4) is 0 Å². The summed E-state index contributed by atoms with van der Waals surface area (Å²) < 4.78 is 0. The molecule has 1 aliphatic heterocycles. The molecule has 0 bridgehead atoms. The molecule has 0 atom stereocenters. The van der Waals surface area contributed by atoms with Gasteiger partial charge in [-0.3, -0.25) is 9.59 Å². The summed E-state index contributed by atoms with van der Waals surface area (Å²) in [6.45, 7) is 9.15. The second kappa shape index (κ2) is 7.04. The molecular formula is C17H23ClN2O3. The highest BCUT2D eigenvalue weighted by Gasteiger charge is 2.46. The number of aliphatic hydroxyl groups excluding tert-OH is 1. The molecule has 1 heterocycles. The third-order valence-electron chi connectivity index (χ3n) is 3.84. The summed E-state index contributed by atoms with van der Waals surface area (Å²) >= 11 is 6.11. The first-order chi connectivity index (χ1) is 10.7. The van der Waals surface area contributed by atoms with Crippen molar-refractivity contribution in [2.45, 2.75) is 40.2 Å². The average molecular weight is 339 g/mol. The molecule has 1 aromatic carbocycles. The Morgan fingerprint density at radius 3 is 2.35 bits per heavy atom. The highest BCUT2D eigenvalue weighted by Crippen LogP contribution is 2.33. The van der Waals surface area contributed by atoms with E-state index in [1.54, 1.807) is 33.0 Å². The Morgan fingerprint density at radius 1 is 1.30 bits per heavy atom. The number of aryl methyl sites for hydroxylation is 1. The van der Waals surface area contributed by atoms with Gasteiger partial charge in [-0.1, -0.05) is 37.6 Å². The van der Waals surface area contributed by atoms with Crippen molar-refractivity contribution >= 4 is 29.1 Å². The summed E-state index contributed by atoms with van der Waals surface area (Å²) in [6, 6.07) is 5.20. The van der Waals surface area contributed by atoms with Gasteiger partial charge in [0.15, 0.2) is 0 Å². The standard InChI is InChI=1S/C15H17ClN2O3.C2H6/c1-8-6-5-7-9(11(8)16)17-13(20)10-12(19)15(2,3)18(4)14(10)21;1-2/h5-7,19H,1-4H3,(H,17,20);1-2H3. The van der Waals surface area contributed by atoms with Gasteiger partial charge in [-0.25, -0.2) is 0 Å². The first kappa shape index (κ1) is 19.0. The fourth-order valence-electron chi connectivity index (χ4n) is 2.12. The number of anilines is 1. The van der Waals surface area contributed by atoms with Crippen molar-refractivity contribution in [1.82, 2.24) is 4.90 Å². The number of aliphatic hydroxyl groups is 1. The number of nitrogens with zero attached hydrogens (tertiary/aromatic N) is 1. The van der Waals surface area contributed by atoms with Crippen molar-refractivity contribution in [3.63, 3.8) is 0 Å². The van der Waals surface area contributed by atoms with Crippen LogP contribution in [-0.2, 0) is 9.59 Å². The molecule has 2 rings (SSSR count). The smallest absolute Gasteiger partial charge is 0.264 e. The van der Waals surface area contributed by atoms with E-state index in [1.807, 2.05) is 26.8 Å². The molecule has 2 N–H and O–H groups in total. The van der Waals surface area contributed by atoms with E-state index in [4.69, 9.17) is 11.6 Å². The van der Waals surface area contributed by atoms with Gasteiger partial charge >= 0.3 is 0 Å². The Kier molecular flexibility index (Phi) is 5.83. The molecule has 0 aromatic heterocycles. The van der Waals surface area contributed by atoms with Crippen molar-refractivity contribution in [1.29, 1.82) is 0 Å². The zero-order valence-electron chi connectivity index (χ0n) is 14.3. The minimum atomic E-state index is -0.903. The minimum absolute atomic E-state index is 0.240. The predicted octanol–water partition coefficient (Wildman–Crippen LogP) is 3.68. The number of rotatable bonds is 2. The third kappa shape index (κ3) is 3.34. The molecular weight excluding hydrogens is 316 g/mol. The van der Waals surface area contributed by atoms with E-state index >= 15 is 0 Å². The van der Waals surface area contributed by atoms with Crippen LogP contribution in [0, 0.1) is 6.92 Å². The van der Waals surface area contributed by atoms with E-state index in [0.29, 0.717) is 10.7 Å². The van der Waals surface area contributed by atoms with Crippen LogP contribution >= 0.6 is 11.6 Å². The first-order valence-electron chi connectivity index (χ1n) is 7.46. The number of benzene rings is 1. The maximum Gasteiger partial charge on any atom is 0.264 e. The molecule has 1 aliphatic rings. The van der Waals surface area contributed by atoms with Gasteiger partial charge in [-0.2, -0.15) is 0 Å². The lowest BCUT2D eigenvalue weighted by molar-refractivity contribution is -0.129. The highest BCUT2D eigenvalue weighted by atomic mass is 35.5. The summed E-state index contributed by atoms with van der Waals surface area (Å²) in [5, 5.41) is 13.1. The molecule has 0 fully saturated rings. The summed E-state index contributed by atoms with van der Waals surface area (Å²) in [5.41, 5.74) is 0.0604. The summed E-state index contributed by atoms with van der Waals surface area (Å²) in [5.74, 6) is -1.42. The zero-order chi connectivity index (χ0) is 17.9. The Labute approximate surface area is 141 Å². The van der Waals surface area contributed by atoms with Gasteiger partial charge in [-0.15, -0.1) is 0 Å². The molecule has 0 radical (unpaired) electrons. The van der Waals surface area contributed by atoms with E-state index in [0.717, 1.165) is 5.56 Å². The third-order valence-corrected chi connectivity index (χ3v) is 4.34. The van der Waals surface area contributed by atoms with Gasteiger partial charge in [0.1, 0.15) is 11.3 Å². The Balaban J connectivity index is 0.00000127. The molecule has 0 aliphatic carbocycles. The van der Waals surface area contributed by atoms with Gasteiger partial charge in [0.05, 0.1) is 16.2 Å². The van der Waals surface area contributed by atoms with Gasteiger partial charge < -0.3 is 15.3 Å².